The van der Waals surface area contributed by atoms with Crippen molar-refractivity contribution in [3.05, 3.63) is 29.3 Å². The van der Waals surface area contributed by atoms with E-state index in [0.29, 0.717) is 5.92 Å². The van der Waals surface area contributed by atoms with Crippen LogP contribution in [0.5, 0.6) is 0 Å². The zero-order valence-electron chi connectivity index (χ0n) is 8.25. The maximum absolute atomic E-state index is 4.50. The van der Waals surface area contributed by atoms with E-state index in [1.165, 1.54) is 16.8 Å². The Kier molecular flexibility index (Phi) is 2.17. The van der Waals surface area contributed by atoms with Gasteiger partial charge in [0.05, 0.1) is 5.69 Å². The Labute approximate surface area is 79.5 Å². The van der Waals surface area contributed by atoms with Crippen molar-refractivity contribution in [3.63, 3.8) is 0 Å². The molecule has 1 unspecified atom stereocenters. The summed E-state index contributed by atoms with van der Waals surface area (Å²) < 4.78 is 0. The van der Waals surface area contributed by atoms with E-state index in [4.69, 9.17) is 0 Å². The van der Waals surface area contributed by atoms with Crippen molar-refractivity contribution in [2.45, 2.75) is 32.6 Å². The van der Waals surface area contributed by atoms with E-state index in [9.17, 15) is 0 Å². The molecule has 0 N–H and O–H groups in total. The first-order valence-electron chi connectivity index (χ1n) is 5.02. The number of fused-ring (bicyclic) bond motifs is 1. The minimum absolute atomic E-state index is 0.557. The molecule has 0 aromatic heterocycles. The molecular weight excluding hydrogens is 158 g/mol. The summed E-state index contributed by atoms with van der Waals surface area (Å²) in [6.07, 6.45) is 4.32. The molecule has 0 amide bonds. The average molecular weight is 173 g/mol. The van der Waals surface area contributed by atoms with Crippen LogP contribution in [0.2, 0.25) is 0 Å². The van der Waals surface area contributed by atoms with Gasteiger partial charge < -0.3 is 0 Å². The Balaban J connectivity index is 2.48. The average Bonchev–Trinajstić information content (AvgIpc) is 2.60. The van der Waals surface area contributed by atoms with Gasteiger partial charge in [-0.2, -0.15) is 0 Å². The predicted octanol–water partition coefficient (Wildman–Crippen LogP) is 3.46. The highest BCUT2D eigenvalue weighted by Crippen LogP contribution is 2.36. The van der Waals surface area contributed by atoms with Crippen molar-refractivity contribution in [3.8, 4) is 0 Å². The van der Waals surface area contributed by atoms with E-state index in [2.05, 4.69) is 43.3 Å². The number of hydrogen-bond acceptors (Lipinski definition) is 1. The molecule has 0 saturated carbocycles. The van der Waals surface area contributed by atoms with Gasteiger partial charge in [0, 0.05) is 12.1 Å². The minimum atomic E-state index is 0.557. The topological polar surface area (TPSA) is 12.4 Å². The SMILES string of the molecule is CCc1cccc2c1N=CC2CC. The van der Waals surface area contributed by atoms with Crippen molar-refractivity contribution in [1.82, 2.24) is 0 Å². The summed E-state index contributed by atoms with van der Waals surface area (Å²) >= 11 is 0. The van der Waals surface area contributed by atoms with Crippen LogP contribution in [0.15, 0.2) is 23.2 Å². The second-order valence-corrected chi connectivity index (χ2v) is 3.50. The van der Waals surface area contributed by atoms with Crippen LogP contribution in [0.4, 0.5) is 5.69 Å². The highest BCUT2D eigenvalue weighted by Gasteiger charge is 2.18. The molecule has 0 radical (unpaired) electrons. The molecule has 1 aliphatic rings. The van der Waals surface area contributed by atoms with Gasteiger partial charge in [0.1, 0.15) is 0 Å². The lowest BCUT2D eigenvalue weighted by molar-refractivity contribution is 0.874. The van der Waals surface area contributed by atoms with Crippen LogP contribution in [0.3, 0.4) is 0 Å². The van der Waals surface area contributed by atoms with Gasteiger partial charge in [-0.15, -0.1) is 0 Å². The van der Waals surface area contributed by atoms with Crippen molar-refractivity contribution >= 4 is 11.9 Å². The van der Waals surface area contributed by atoms with Crippen molar-refractivity contribution < 1.29 is 0 Å². The fraction of sp³-hybridized carbons (Fsp3) is 0.417. The maximum Gasteiger partial charge on any atom is 0.0696 e. The first-order chi connectivity index (χ1) is 6.36. The van der Waals surface area contributed by atoms with Gasteiger partial charge in [-0.25, -0.2) is 0 Å². The number of hydrogen-bond donors (Lipinski definition) is 0. The molecule has 1 nitrogen and oxygen atoms in total. The van der Waals surface area contributed by atoms with E-state index in [1.54, 1.807) is 0 Å². The minimum Gasteiger partial charge on any atom is -0.260 e. The second kappa shape index (κ2) is 3.33. The molecule has 0 spiro atoms. The van der Waals surface area contributed by atoms with Crippen LogP contribution in [-0.4, -0.2) is 6.21 Å². The lowest BCUT2D eigenvalue weighted by Crippen LogP contribution is -1.93. The quantitative estimate of drug-likeness (QED) is 0.649. The van der Waals surface area contributed by atoms with Crippen LogP contribution < -0.4 is 0 Å². The molecule has 2 rings (SSSR count). The first kappa shape index (κ1) is 8.49. The largest absolute Gasteiger partial charge is 0.260 e. The third-order valence-corrected chi connectivity index (χ3v) is 2.75. The van der Waals surface area contributed by atoms with Crippen LogP contribution in [0.25, 0.3) is 0 Å². The Hall–Kier alpha value is -1.11. The number of para-hydroxylation sites is 1. The van der Waals surface area contributed by atoms with Crippen molar-refractivity contribution in [1.29, 1.82) is 0 Å². The number of aryl methyl sites for hydroxylation is 1. The molecule has 1 aliphatic heterocycles. The van der Waals surface area contributed by atoms with Crippen molar-refractivity contribution in [2.24, 2.45) is 4.99 Å². The van der Waals surface area contributed by atoms with Crippen LogP contribution in [-0.2, 0) is 6.42 Å². The molecule has 0 saturated heterocycles. The standard InChI is InChI=1S/C12H15N/c1-3-9-6-5-7-11-10(4-2)8-13-12(9)11/h5-8,10H,3-4H2,1-2H3. The number of nitrogens with zero attached hydrogens (tertiary/aromatic N) is 1. The summed E-state index contributed by atoms with van der Waals surface area (Å²) in [6, 6.07) is 6.53. The Bertz CT molecular complexity index is 339. The van der Waals surface area contributed by atoms with Gasteiger partial charge >= 0.3 is 0 Å². The predicted molar refractivity (Wildman–Crippen MR) is 57.0 cm³/mol. The molecule has 1 atom stereocenters. The van der Waals surface area contributed by atoms with Gasteiger partial charge in [0.25, 0.3) is 0 Å². The fourth-order valence-electron chi connectivity index (χ4n) is 1.92. The monoisotopic (exact) mass is 173 g/mol. The van der Waals surface area contributed by atoms with E-state index in [0.717, 1.165) is 12.8 Å². The molecular formula is C12H15N. The molecule has 1 heteroatoms. The molecule has 68 valence electrons. The maximum atomic E-state index is 4.50. The highest BCUT2D eigenvalue weighted by atomic mass is 14.8. The Morgan fingerprint density at radius 3 is 2.85 bits per heavy atom. The van der Waals surface area contributed by atoms with Crippen LogP contribution >= 0.6 is 0 Å². The van der Waals surface area contributed by atoms with E-state index < -0.39 is 0 Å². The Morgan fingerprint density at radius 2 is 2.15 bits per heavy atom. The van der Waals surface area contributed by atoms with Gasteiger partial charge in [-0.1, -0.05) is 32.0 Å². The van der Waals surface area contributed by atoms with Gasteiger partial charge in [0.2, 0.25) is 0 Å². The van der Waals surface area contributed by atoms with Gasteiger partial charge in [0.15, 0.2) is 0 Å². The molecule has 0 aliphatic carbocycles. The third kappa shape index (κ3) is 1.28. The molecule has 13 heavy (non-hydrogen) atoms. The van der Waals surface area contributed by atoms with Crippen LogP contribution in [0, 0.1) is 0 Å². The summed E-state index contributed by atoms with van der Waals surface area (Å²) in [5, 5.41) is 0. The highest BCUT2D eigenvalue weighted by molar-refractivity contribution is 5.81. The smallest absolute Gasteiger partial charge is 0.0696 e. The van der Waals surface area contributed by atoms with E-state index in [-0.39, 0.29) is 0 Å². The van der Waals surface area contributed by atoms with Gasteiger partial charge in [-0.3, -0.25) is 4.99 Å². The van der Waals surface area contributed by atoms with Crippen molar-refractivity contribution in [2.75, 3.05) is 0 Å². The summed E-state index contributed by atoms with van der Waals surface area (Å²) in [6.45, 7) is 4.40. The molecule has 1 aromatic carbocycles. The van der Waals surface area contributed by atoms with Gasteiger partial charge in [-0.05, 0) is 24.0 Å². The zero-order valence-corrected chi connectivity index (χ0v) is 8.25. The van der Waals surface area contributed by atoms with E-state index in [1.807, 2.05) is 0 Å². The second-order valence-electron chi connectivity index (χ2n) is 3.50. The van der Waals surface area contributed by atoms with E-state index >= 15 is 0 Å². The fourth-order valence-corrected chi connectivity index (χ4v) is 1.92. The molecule has 1 aromatic rings. The zero-order chi connectivity index (χ0) is 9.26. The molecule has 1 heterocycles. The van der Waals surface area contributed by atoms with Crippen LogP contribution in [0.1, 0.15) is 37.3 Å². The number of aliphatic imine (C=N–C) groups is 1. The lowest BCUT2D eigenvalue weighted by atomic mass is 9.96. The summed E-state index contributed by atoms with van der Waals surface area (Å²) in [5.41, 5.74) is 4.03. The third-order valence-electron chi connectivity index (χ3n) is 2.75. The summed E-state index contributed by atoms with van der Waals surface area (Å²) in [5.74, 6) is 0.557. The first-order valence-corrected chi connectivity index (χ1v) is 5.02. The Morgan fingerprint density at radius 1 is 1.31 bits per heavy atom. The normalized spacial score (nSPS) is 19.1. The molecule has 0 fully saturated rings. The summed E-state index contributed by atoms with van der Waals surface area (Å²) in [4.78, 5) is 4.50. The number of rotatable bonds is 2. The number of benzene rings is 1. The summed E-state index contributed by atoms with van der Waals surface area (Å²) in [7, 11) is 0. The lowest BCUT2D eigenvalue weighted by Gasteiger charge is -2.07. The molecule has 0 bridgehead atoms.